The van der Waals surface area contributed by atoms with Crippen molar-refractivity contribution in [2.75, 3.05) is 0 Å². The van der Waals surface area contributed by atoms with Crippen molar-refractivity contribution in [3.63, 3.8) is 0 Å². The molecular weight excluding hydrogens is 162 g/mol. The van der Waals surface area contributed by atoms with E-state index < -0.39 is 12.5 Å². The SMILES string of the molecule is C=CCCCCCC(O)C(F)F. The Morgan fingerprint density at radius 1 is 1.25 bits per heavy atom. The van der Waals surface area contributed by atoms with Gasteiger partial charge in [0.15, 0.2) is 0 Å². The van der Waals surface area contributed by atoms with Gasteiger partial charge in [-0.1, -0.05) is 18.9 Å². The van der Waals surface area contributed by atoms with Gasteiger partial charge >= 0.3 is 0 Å². The molecule has 0 fully saturated rings. The molecule has 0 heterocycles. The van der Waals surface area contributed by atoms with Gasteiger partial charge in [-0.15, -0.1) is 6.58 Å². The molecule has 0 spiro atoms. The van der Waals surface area contributed by atoms with Gasteiger partial charge in [0.2, 0.25) is 0 Å². The number of alkyl halides is 2. The van der Waals surface area contributed by atoms with Crippen LogP contribution < -0.4 is 0 Å². The summed E-state index contributed by atoms with van der Waals surface area (Å²) in [5, 5.41) is 8.71. The molecule has 0 aromatic heterocycles. The maximum Gasteiger partial charge on any atom is 0.264 e. The summed E-state index contributed by atoms with van der Waals surface area (Å²) in [5.74, 6) is 0. The molecule has 1 nitrogen and oxygen atoms in total. The standard InChI is InChI=1S/C9H16F2O/c1-2-3-4-5-6-7-8(12)9(10)11/h2,8-9,12H,1,3-7H2. The highest BCUT2D eigenvalue weighted by atomic mass is 19.3. The third-order valence-corrected chi connectivity index (χ3v) is 1.70. The van der Waals surface area contributed by atoms with E-state index in [1.165, 1.54) is 0 Å². The molecule has 0 saturated carbocycles. The van der Waals surface area contributed by atoms with E-state index in [4.69, 9.17) is 5.11 Å². The zero-order valence-corrected chi connectivity index (χ0v) is 7.18. The van der Waals surface area contributed by atoms with Crippen LogP contribution in [0.1, 0.15) is 32.1 Å². The normalized spacial score (nSPS) is 13.3. The molecule has 0 aliphatic rings. The molecule has 1 atom stereocenters. The smallest absolute Gasteiger partial charge is 0.264 e. The zero-order chi connectivity index (χ0) is 9.40. The van der Waals surface area contributed by atoms with Crippen LogP contribution in [-0.4, -0.2) is 17.6 Å². The summed E-state index contributed by atoms with van der Waals surface area (Å²) >= 11 is 0. The molecule has 3 heteroatoms. The van der Waals surface area contributed by atoms with Crippen molar-refractivity contribution >= 4 is 0 Å². The predicted molar refractivity (Wildman–Crippen MR) is 45.3 cm³/mol. The van der Waals surface area contributed by atoms with Crippen LogP contribution in [0.2, 0.25) is 0 Å². The summed E-state index contributed by atoms with van der Waals surface area (Å²) in [7, 11) is 0. The Kier molecular flexibility index (Phi) is 6.96. The molecular formula is C9H16F2O. The van der Waals surface area contributed by atoms with Gasteiger partial charge < -0.3 is 5.11 Å². The molecule has 0 saturated heterocycles. The van der Waals surface area contributed by atoms with Crippen LogP contribution in [0.25, 0.3) is 0 Å². The molecule has 12 heavy (non-hydrogen) atoms. The first-order valence-electron chi connectivity index (χ1n) is 4.25. The molecule has 72 valence electrons. The molecule has 0 aromatic rings. The molecule has 0 amide bonds. The lowest BCUT2D eigenvalue weighted by Crippen LogP contribution is -2.16. The van der Waals surface area contributed by atoms with Crippen LogP contribution in [0, 0.1) is 0 Å². The maximum atomic E-state index is 11.7. The second kappa shape index (κ2) is 7.22. The highest BCUT2D eigenvalue weighted by Gasteiger charge is 2.15. The highest BCUT2D eigenvalue weighted by molar-refractivity contribution is 4.66. The van der Waals surface area contributed by atoms with Gasteiger partial charge in [0, 0.05) is 0 Å². The number of hydrogen-bond donors (Lipinski definition) is 1. The van der Waals surface area contributed by atoms with Crippen molar-refractivity contribution in [3.8, 4) is 0 Å². The van der Waals surface area contributed by atoms with Gasteiger partial charge in [-0.2, -0.15) is 0 Å². The van der Waals surface area contributed by atoms with Crippen molar-refractivity contribution in [1.29, 1.82) is 0 Å². The van der Waals surface area contributed by atoms with Crippen LogP contribution in [0.5, 0.6) is 0 Å². The molecule has 0 radical (unpaired) electrons. The fourth-order valence-corrected chi connectivity index (χ4v) is 0.945. The number of hydrogen-bond acceptors (Lipinski definition) is 1. The highest BCUT2D eigenvalue weighted by Crippen LogP contribution is 2.10. The first-order valence-corrected chi connectivity index (χ1v) is 4.25. The molecule has 0 aliphatic heterocycles. The van der Waals surface area contributed by atoms with Crippen molar-refractivity contribution in [2.45, 2.75) is 44.6 Å². The lowest BCUT2D eigenvalue weighted by Gasteiger charge is -2.07. The van der Waals surface area contributed by atoms with Crippen LogP contribution in [0.4, 0.5) is 8.78 Å². The van der Waals surface area contributed by atoms with E-state index in [0.717, 1.165) is 19.3 Å². The van der Waals surface area contributed by atoms with Crippen LogP contribution >= 0.6 is 0 Å². The number of aliphatic hydroxyl groups is 1. The second-order valence-corrected chi connectivity index (χ2v) is 2.83. The lowest BCUT2D eigenvalue weighted by atomic mass is 10.1. The van der Waals surface area contributed by atoms with Gasteiger partial charge in [0.25, 0.3) is 6.43 Å². The third-order valence-electron chi connectivity index (χ3n) is 1.70. The maximum absolute atomic E-state index is 11.7. The minimum Gasteiger partial charge on any atom is -0.387 e. The quantitative estimate of drug-likeness (QED) is 0.469. The summed E-state index contributed by atoms with van der Waals surface area (Å²) in [6.07, 6.45) is 1.43. The number of allylic oxidation sites excluding steroid dienone is 1. The molecule has 0 aliphatic carbocycles. The second-order valence-electron chi connectivity index (χ2n) is 2.83. The van der Waals surface area contributed by atoms with Gasteiger partial charge in [-0.05, 0) is 19.3 Å². The Labute approximate surface area is 72.1 Å². The number of rotatable bonds is 7. The van der Waals surface area contributed by atoms with Crippen LogP contribution in [0.15, 0.2) is 12.7 Å². The molecule has 0 bridgehead atoms. The van der Waals surface area contributed by atoms with E-state index in [2.05, 4.69) is 6.58 Å². The summed E-state index contributed by atoms with van der Waals surface area (Å²) in [6, 6.07) is 0. The molecule has 0 rings (SSSR count). The average Bonchev–Trinajstić information content (AvgIpc) is 2.03. The van der Waals surface area contributed by atoms with E-state index in [-0.39, 0.29) is 6.42 Å². The zero-order valence-electron chi connectivity index (χ0n) is 7.18. The number of halogens is 2. The lowest BCUT2D eigenvalue weighted by molar-refractivity contribution is -0.01000. The van der Waals surface area contributed by atoms with Crippen molar-refractivity contribution in [1.82, 2.24) is 0 Å². The van der Waals surface area contributed by atoms with E-state index in [1.807, 2.05) is 6.08 Å². The van der Waals surface area contributed by atoms with E-state index in [9.17, 15) is 8.78 Å². The molecule has 1 N–H and O–H groups in total. The predicted octanol–water partition coefficient (Wildman–Crippen LogP) is 2.75. The first-order chi connectivity index (χ1) is 5.68. The number of aliphatic hydroxyl groups excluding tert-OH is 1. The Balaban J connectivity index is 3.13. The Morgan fingerprint density at radius 2 is 1.92 bits per heavy atom. The van der Waals surface area contributed by atoms with Gasteiger partial charge in [-0.3, -0.25) is 0 Å². The minimum atomic E-state index is -2.59. The average molecular weight is 178 g/mol. The Morgan fingerprint density at radius 3 is 2.42 bits per heavy atom. The fourth-order valence-electron chi connectivity index (χ4n) is 0.945. The summed E-state index contributed by atoms with van der Waals surface area (Å²) in [4.78, 5) is 0. The summed E-state index contributed by atoms with van der Waals surface area (Å²) in [6.45, 7) is 3.55. The topological polar surface area (TPSA) is 20.2 Å². The summed E-state index contributed by atoms with van der Waals surface area (Å²) < 4.78 is 23.5. The van der Waals surface area contributed by atoms with Crippen molar-refractivity contribution in [2.24, 2.45) is 0 Å². The van der Waals surface area contributed by atoms with E-state index >= 15 is 0 Å². The molecule has 1 unspecified atom stereocenters. The molecule has 0 aromatic carbocycles. The van der Waals surface area contributed by atoms with Crippen molar-refractivity contribution in [3.05, 3.63) is 12.7 Å². The van der Waals surface area contributed by atoms with Gasteiger partial charge in [0.1, 0.15) is 6.10 Å². The largest absolute Gasteiger partial charge is 0.387 e. The number of unbranched alkanes of at least 4 members (excludes halogenated alkanes) is 3. The Bertz CT molecular complexity index is 115. The van der Waals surface area contributed by atoms with Crippen LogP contribution in [-0.2, 0) is 0 Å². The minimum absolute atomic E-state index is 0.203. The monoisotopic (exact) mass is 178 g/mol. The van der Waals surface area contributed by atoms with Gasteiger partial charge in [-0.25, -0.2) is 8.78 Å². The van der Waals surface area contributed by atoms with Crippen LogP contribution in [0.3, 0.4) is 0 Å². The third kappa shape index (κ3) is 6.28. The van der Waals surface area contributed by atoms with E-state index in [1.54, 1.807) is 0 Å². The van der Waals surface area contributed by atoms with E-state index in [0.29, 0.717) is 6.42 Å². The first kappa shape index (κ1) is 11.6. The fraction of sp³-hybridized carbons (Fsp3) is 0.778. The summed E-state index contributed by atoms with van der Waals surface area (Å²) in [5.41, 5.74) is 0. The van der Waals surface area contributed by atoms with Crippen molar-refractivity contribution < 1.29 is 13.9 Å². The Hall–Kier alpha value is -0.440. The van der Waals surface area contributed by atoms with Gasteiger partial charge in [0.05, 0.1) is 0 Å².